The average Bonchev–Trinajstić information content (AvgIpc) is 2.78. The molecule has 3 atom stereocenters. The molecular formula is C14H16N2O3. The van der Waals surface area contributed by atoms with Crippen molar-refractivity contribution in [3.8, 4) is 6.07 Å². The fourth-order valence-corrected chi connectivity index (χ4v) is 2.42. The quantitative estimate of drug-likeness (QED) is 0.734. The second kappa shape index (κ2) is 5.83. The van der Waals surface area contributed by atoms with E-state index in [0.29, 0.717) is 24.0 Å². The number of carbonyl (C=O) groups excluding carboxylic acids is 1. The lowest BCUT2D eigenvalue weighted by atomic mass is 10.1. The maximum atomic E-state index is 12.0. The van der Waals surface area contributed by atoms with Crippen LogP contribution in [0.15, 0.2) is 24.3 Å². The molecule has 0 heterocycles. The van der Waals surface area contributed by atoms with Gasteiger partial charge in [-0.3, -0.25) is 4.79 Å². The van der Waals surface area contributed by atoms with Crippen LogP contribution >= 0.6 is 0 Å². The summed E-state index contributed by atoms with van der Waals surface area (Å²) in [7, 11) is 0. The fourth-order valence-electron chi connectivity index (χ4n) is 2.42. The molecule has 1 aliphatic rings. The molecule has 0 unspecified atom stereocenters. The third kappa shape index (κ3) is 3.11. The predicted molar refractivity (Wildman–Crippen MR) is 68.2 cm³/mol. The van der Waals surface area contributed by atoms with Gasteiger partial charge in [-0.15, -0.1) is 0 Å². The van der Waals surface area contributed by atoms with Gasteiger partial charge in [0.1, 0.15) is 0 Å². The Morgan fingerprint density at radius 3 is 2.89 bits per heavy atom. The number of aliphatic hydroxyl groups is 2. The van der Waals surface area contributed by atoms with Gasteiger partial charge in [0.25, 0.3) is 5.91 Å². The van der Waals surface area contributed by atoms with E-state index in [1.165, 1.54) is 6.07 Å². The second-order valence-electron chi connectivity index (χ2n) is 4.84. The first-order chi connectivity index (χ1) is 9.13. The van der Waals surface area contributed by atoms with Crippen molar-refractivity contribution in [1.29, 1.82) is 5.26 Å². The highest BCUT2D eigenvalue weighted by atomic mass is 16.3. The number of rotatable bonds is 3. The number of amides is 1. The van der Waals surface area contributed by atoms with Crippen LogP contribution in [0.5, 0.6) is 0 Å². The van der Waals surface area contributed by atoms with Crippen molar-refractivity contribution in [3.63, 3.8) is 0 Å². The number of carbonyl (C=O) groups is 1. The summed E-state index contributed by atoms with van der Waals surface area (Å²) >= 11 is 0. The van der Waals surface area contributed by atoms with Crippen LogP contribution in [-0.2, 0) is 0 Å². The molecule has 1 fully saturated rings. The van der Waals surface area contributed by atoms with Gasteiger partial charge in [-0.25, -0.2) is 0 Å². The van der Waals surface area contributed by atoms with Crippen LogP contribution in [0, 0.1) is 17.2 Å². The highest BCUT2D eigenvalue weighted by molar-refractivity contribution is 5.94. The summed E-state index contributed by atoms with van der Waals surface area (Å²) in [6.45, 7) is -0.0720. The van der Waals surface area contributed by atoms with Crippen LogP contribution < -0.4 is 5.32 Å². The van der Waals surface area contributed by atoms with Gasteiger partial charge in [0.15, 0.2) is 0 Å². The molecule has 0 aromatic heterocycles. The summed E-state index contributed by atoms with van der Waals surface area (Å²) in [5.41, 5.74) is 0.869. The van der Waals surface area contributed by atoms with Crippen molar-refractivity contribution in [2.45, 2.75) is 25.0 Å². The topological polar surface area (TPSA) is 93.4 Å². The first-order valence-electron chi connectivity index (χ1n) is 6.24. The Balaban J connectivity index is 2.00. The monoisotopic (exact) mass is 260 g/mol. The maximum absolute atomic E-state index is 12.0. The van der Waals surface area contributed by atoms with Gasteiger partial charge in [-0.1, -0.05) is 6.07 Å². The molecule has 5 heteroatoms. The number of nitriles is 1. The second-order valence-corrected chi connectivity index (χ2v) is 4.84. The van der Waals surface area contributed by atoms with E-state index in [0.717, 1.165) is 0 Å². The van der Waals surface area contributed by atoms with Crippen LogP contribution in [0.3, 0.4) is 0 Å². The first kappa shape index (κ1) is 13.5. The lowest BCUT2D eigenvalue weighted by Crippen LogP contribution is -2.33. The molecule has 100 valence electrons. The minimum Gasteiger partial charge on any atom is -0.396 e. The molecule has 2 rings (SSSR count). The molecular weight excluding hydrogens is 244 g/mol. The summed E-state index contributed by atoms with van der Waals surface area (Å²) in [4.78, 5) is 12.0. The van der Waals surface area contributed by atoms with Crippen LogP contribution in [0.2, 0.25) is 0 Å². The third-order valence-electron chi connectivity index (χ3n) is 3.48. The van der Waals surface area contributed by atoms with Crippen molar-refractivity contribution in [3.05, 3.63) is 35.4 Å². The molecule has 0 spiro atoms. The summed E-state index contributed by atoms with van der Waals surface area (Å²) in [5.74, 6) is -0.427. The molecule has 1 aromatic carbocycles. The fraction of sp³-hybridized carbons (Fsp3) is 0.429. The minimum absolute atomic E-state index is 0.0720. The summed E-state index contributed by atoms with van der Waals surface area (Å²) in [5, 5.41) is 30.3. The Labute approximate surface area is 111 Å². The zero-order valence-corrected chi connectivity index (χ0v) is 10.4. The maximum Gasteiger partial charge on any atom is 0.251 e. The number of hydrogen-bond donors (Lipinski definition) is 3. The molecule has 19 heavy (non-hydrogen) atoms. The van der Waals surface area contributed by atoms with Gasteiger partial charge in [0.2, 0.25) is 0 Å². The van der Waals surface area contributed by atoms with Crippen LogP contribution in [0.4, 0.5) is 0 Å². The Morgan fingerprint density at radius 1 is 1.47 bits per heavy atom. The van der Waals surface area contributed by atoms with Gasteiger partial charge in [-0.2, -0.15) is 5.26 Å². The van der Waals surface area contributed by atoms with E-state index >= 15 is 0 Å². The number of benzene rings is 1. The van der Waals surface area contributed by atoms with E-state index < -0.39 is 6.10 Å². The zero-order chi connectivity index (χ0) is 13.8. The molecule has 1 saturated carbocycles. The molecule has 0 bridgehead atoms. The predicted octanol–water partition coefficient (Wildman–Crippen LogP) is 0.420. The number of nitrogens with zero attached hydrogens (tertiary/aromatic N) is 1. The van der Waals surface area contributed by atoms with Gasteiger partial charge < -0.3 is 15.5 Å². The third-order valence-corrected chi connectivity index (χ3v) is 3.48. The Kier molecular flexibility index (Phi) is 4.15. The van der Waals surface area contributed by atoms with E-state index in [2.05, 4.69) is 5.32 Å². The molecule has 5 nitrogen and oxygen atoms in total. The van der Waals surface area contributed by atoms with Crippen LogP contribution in [0.25, 0.3) is 0 Å². The number of aliphatic hydroxyl groups excluding tert-OH is 2. The standard InChI is InChI=1S/C14H16N2O3/c15-7-9-2-1-3-10(4-9)14(19)16-12-5-11(8-17)13(18)6-12/h1-4,11-13,17-18H,5-6,8H2,(H,16,19)/t11-,12+,13-/m1/s1. The van der Waals surface area contributed by atoms with E-state index in [1.54, 1.807) is 18.2 Å². The van der Waals surface area contributed by atoms with Crippen molar-refractivity contribution >= 4 is 5.91 Å². The van der Waals surface area contributed by atoms with E-state index in [1.807, 2.05) is 6.07 Å². The normalized spacial score (nSPS) is 25.8. The van der Waals surface area contributed by atoms with Crippen LogP contribution in [0.1, 0.15) is 28.8 Å². The van der Waals surface area contributed by atoms with Gasteiger partial charge in [0, 0.05) is 24.1 Å². The van der Waals surface area contributed by atoms with E-state index in [-0.39, 0.29) is 24.5 Å². The molecule has 3 N–H and O–H groups in total. The number of nitrogens with one attached hydrogen (secondary N) is 1. The highest BCUT2D eigenvalue weighted by Gasteiger charge is 2.33. The van der Waals surface area contributed by atoms with Crippen molar-refractivity contribution in [2.24, 2.45) is 5.92 Å². The molecule has 0 radical (unpaired) electrons. The van der Waals surface area contributed by atoms with Gasteiger partial charge in [-0.05, 0) is 31.0 Å². The smallest absolute Gasteiger partial charge is 0.251 e. The lowest BCUT2D eigenvalue weighted by Gasteiger charge is -2.12. The zero-order valence-electron chi connectivity index (χ0n) is 10.4. The van der Waals surface area contributed by atoms with Gasteiger partial charge >= 0.3 is 0 Å². The molecule has 0 aliphatic heterocycles. The minimum atomic E-state index is -0.569. The SMILES string of the molecule is N#Cc1cccc(C(=O)N[C@H]2C[C@H](CO)[C@H](O)C2)c1. The van der Waals surface area contributed by atoms with Gasteiger partial charge in [0.05, 0.1) is 17.7 Å². The van der Waals surface area contributed by atoms with E-state index in [4.69, 9.17) is 10.4 Å². The largest absolute Gasteiger partial charge is 0.396 e. The summed E-state index contributed by atoms with van der Waals surface area (Å²) in [6.07, 6.45) is 0.455. The molecule has 0 saturated heterocycles. The highest BCUT2D eigenvalue weighted by Crippen LogP contribution is 2.25. The Bertz CT molecular complexity index is 510. The first-order valence-corrected chi connectivity index (χ1v) is 6.24. The molecule has 1 aromatic rings. The van der Waals surface area contributed by atoms with Crippen molar-refractivity contribution < 1.29 is 15.0 Å². The summed E-state index contributed by atoms with van der Waals surface area (Å²) in [6, 6.07) is 8.33. The van der Waals surface area contributed by atoms with Crippen molar-refractivity contribution in [2.75, 3.05) is 6.61 Å². The Morgan fingerprint density at radius 2 is 2.26 bits per heavy atom. The van der Waals surface area contributed by atoms with Crippen molar-refractivity contribution in [1.82, 2.24) is 5.32 Å². The Hall–Kier alpha value is -1.90. The number of hydrogen-bond acceptors (Lipinski definition) is 4. The molecule has 1 aliphatic carbocycles. The average molecular weight is 260 g/mol. The molecule has 1 amide bonds. The van der Waals surface area contributed by atoms with E-state index in [9.17, 15) is 9.90 Å². The lowest BCUT2D eigenvalue weighted by molar-refractivity contribution is 0.0903. The van der Waals surface area contributed by atoms with Crippen LogP contribution in [-0.4, -0.2) is 34.9 Å². The summed E-state index contributed by atoms with van der Waals surface area (Å²) < 4.78 is 0.